The van der Waals surface area contributed by atoms with Crippen LogP contribution in [0.15, 0.2) is 28.8 Å². The van der Waals surface area contributed by atoms with Gasteiger partial charge in [0.05, 0.1) is 11.6 Å². The molecule has 1 fully saturated rings. The van der Waals surface area contributed by atoms with Crippen molar-refractivity contribution in [1.29, 1.82) is 0 Å². The first-order valence-electron chi connectivity index (χ1n) is 8.29. The number of carbonyl (C=O) groups excluding carboxylic acids is 1. The Kier molecular flexibility index (Phi) is 4.46. The lowest BCUT2D eigenvalue weighted by Crippen LogP contribution is -2.39. The number of hydrogen-bond acceptors (Lipinski definition) is 7. The van der Waals surface area contributed by atoms with Crippen molar-refractivity contribution in [3.05, 3.63) is 46.5 Å². The first-order chi connectivity index (χ1) is 12.6. The maximum atomic E-state index is 13.1. The molecule has 4 rings (SSSR count). The molecule has 1 atom stereocenters. The molecule has 26 heavy (non-hydrogen) atoms. The minimum atomic E-state index is -0.313. The normalized spacial score (nSPS) is 17.5. The predicted octanol–water partition coefficient (Wildman–Crippen LogP) is 3.06. The summed E-state index contributed by atoms with van der Waals surface area (Å²) in [5.41, 5.74) is 1.34. The predicted molar refractivity (Wildman–Crippen MR) is 92.2 cm³/mol. The van der Waals surface area contributed by atoms with Crippen molar-refractivity contribution in [2.45, 2.75) is 25.7 Å². The second kappa shape index (κ2) is 6.91. The molecule has 7 nitrogen and oxygen atoms in total. The van der Waals surface area contributed by atoms with Gasteiger partial charge in [-0.2, -0.15) is 4.98 Å². The van der Waals surface area contributed by atoms with Crippen LogP contribution in [0.2, 0.25) is 0 Å². The molecule has 1 aromatic carbocycles. The highest BCUT2D eigenvalue weighted by atomic mass is 32.1. The van der Waals surface area contributed by atoms with E-state index in [1.807, 2.05) is 0 Å². The van der Waals surface area contributed by atoms with Crippen molar-refractivity contribution in [3.8, 4) is 11.4 Å². The number of nitrogens with zero attached hydrogens (tertiary/aromatic N) is 5. The zero-order valence-electron chi connectivity index (χ0n) is 14.1. The lowest BCUT2D eigenvalue weighted by Gasteiger charge is -2.30. The molecular formula is C17H16FN5O2S. The molecule has 3 aromatic rings. The van der Waals surface area contributed by atoms with Gasteiger partial charge in [0.2, 0.25) is 11.7 Å². The molecule has 1 saturated heterocycles. The van der Waals surface area contributed by atoms with Crippen molar-refractivity contribution in [2.24, 2.45) is 0 Å². The highest BCUT2D eigenvalue weighted by Crippen LogP contribution is 2.29. The summed E-state index contributed by atoms with van der Waals surface area (Å²) in [6, 6.07) is 5.94. The maximum absolute atomic E-state index is 13.1. The Morgan fingerprint density at radius 1 is 1.35 bits per heavy atom. The number of halogens is 1. The van der Waals surface area contributed by atoms with Crippen molar-refractivity contribution in [2.75, 3.05) is 13.1 Å². The van der Waals surface area contributed by atoms with Gasteiger partial charge in [-0.05, 0) is 55.6 Å². The monoisotopic (exact) mass is 373 g/mol. The van der Waals surface area contributed by atoms with E-state index in [9.17, 15) is 9.18 Å². The number of carbonyl (C=O) groups is 1. The standard InChI is InChI=1S/C17H16FN5O2S/c1-10-14(26-22-20-10)17(24)23-8-2-3-12(9-23)16-19-15(21-25-16)11-4-6-13(18)7-5-11/h4-7,12H,2-3,8-9H2,1H3/t12-/m0/s1. The van der Waals surface area contributed by atoms with Crippen LogP contribution < -0.4 is 0 Å². The Morgan fingerprint density at radius 2 is 2.15 bits per heavy atom. The first-order valence-corrected chi connectivity index (χ1v) is 9.07. The average Bonchev–Trinajstić information content (AvgIpc) is 3.31. The van der Waals surface area contributed by atoms with Gasteiger partial charge in [0.1, 0.15) is 10.7 Å². The van der Waals surface area contributed by atoms with Gasteiger partial charge < -0.3 is 9.42 Å². The number of likely N-dealkylation sites (tertiary alicyclic amines) is 1. The quantitative estimate of drug-likeness (QED) is 0.701. The Labute approximate surface area is 153 Å². The van der Waals surface area contributed by atoms with E-state index in [4.69, 9.17) is 4.52 Å². The molecule has 1 aliphatic heterocycles. The van der Waals surface area contributed by atoms with Crippen LogP contribution in [0, 0.1) is 12.7 Å². The van der Waals surface area contributed by atoms with E-state index >= 15 is 0 Å². The Balaban J connectivity index is 1.51. The molecule has 0 bridgehead atoms. The van der Waals surface area contributed by atoms with Crippen LogP contribution in [0.3, 0.4) is 0 Å². The van der Waals surface area contributed by atoms with Gasteiger partial charge in [0.15, 0.2) is 0 Å². The molecule has 0 spiro atoms. The summed E-state index contributed by atoms with van der Waals surface area (Å²) in [5.74, 6) is 0.537. The van der Waals surface area contributed by atoms with Crippen molar-refractivity contribution >= 4 is 17.4 Å². The lowest BCUT2D eigenvalue weighted by molar-refractivity contribution is 0.0699. The summed E-state index contributed by atoms with van der Waals surface area (Å²) in [5, 5.41) is 7.90. The van der Waals surface area contributed by atoms with Crippen LogP contribution in [0.4, 0.5) is 4.39 Å². The molecule has 0 saturated carbocycles. The van der Waals surface area contributed by atoms with Crippen LogP contribution in [-0.4, -0.2) is 43.6 Å². The summed E-state index contributed by atoms with van der Waals surface area (Å²) in [6.07, 6.45) is 1.73. The van der Waals surface area contributed by atoms with E-state index in [1.54, 1.807) is 24.0 Å². The second-order valence-corrected chi connectivity index (χ2v) is 7.00. The Bertz CT molecular complexity index is 923. The number of benzene rings is 1. The number of aromatic nitrogens is 4. The molecule has 2 aromatic heterocycles. The summed E-state index contributed by atoms with van der Waals surface area (Å²) >= 11 is 1.12. The third-order valence-electron chi connectivity index (χ3n) is 4.45. The van der Waals surface area contributed by atoms with Crippen LogP contribution in [0.25, 0.3) is 11.4 Å². The fraction of sp³-hybridized carbons (Fsp3) is 0.353. The maximum Gasteiger partial charge on any atom is 0.267 e. The van der Waals surface area contributed by atoms with Crippen LogP contribution in [0.5, 0.6) is 0 Å². The molecule has 1 aliphatic rings. The highest BCUT2D eigenvalue weighted by Gasteiger charge is 2.30. The Hall–Kier alpha value is -2.68. The third kappa shape index (κ3) is 3.22. The number of rotatable bonds is 3. The van der Waals surface area contributed by atoms with Crippen LogP contribution >= 0.6 is 11.5 Å². The number of aryl methyl sites for hydroxylation is 1. The summed E-state index contributed by atoms with van der Waals surface area (Å²) in [7, 11) is 0. The van der Waals surface area contributed by atoms with Gasteiger partial charge in [0, 0.05) is 18.7 Å². The van der Waals surface area contributed by atoms with Gasteiger partial charge in [-0.25, -0.2) is 4.39 Å². The largest absolute Gasteiger partial charge is 0.339 e. The summed E-state index contributed by atoms with van der Waals surface area (Å²) in [6.45, 7) is 2.98. The average molecular weight is 373 g/mol. The van der Waals surface area contributed by atoms with Crippen LogP contribution in [-0.2, 0) is 0 Å². The van der Waals surface area contributed by atoms with E-state index in [0.29, 0.717) is 40.9 Å². The molecule has 0 aliphatic carbocycles. The van der Waals surface area contributed by atoms with E-state index in [1.165, 1.54) is 12.1 Å². The van der Waals surface area contributed by atoms with Crippen LogP contribution in [0.1, 0.15) is 40.0 Å². The van der Waals surface area contributed by atoms with E-state index in [-0.39, 0.29) is 17.6 Å². The first kappa shape index (κ1) is 16.8. The molecule has 9 heteroatoms. The van der Waals surface area contributed by atoms with Gasteiger partial charge in [-0.3, -0.25) is 4.79 Å². The van der Waals surface area contributed by atoms with E-state index in [0.717, 1.165) is 24.4 Å². The molecule has 0 unspecified atom stereocenters. The SMILES string of the molecule is Cc1nnsc1C(=O)N1CCC[C@H](c2nc(-c3ccc(F)cc3)no2)C1. The van der Waals surface area contributed by atoms with Crippen molar-refractivity contribution in [3.63, 3.8) is 0 Å². The van der Waals surface area contributed by atoms with Crippen molar-refractivity contribution in [1.82, 2.24) is 24.6 Å². The zero-order chi connectivity index (χ0) is 18.1. The van der Waals surface area contributed by atoms with Gasteiger partial charge in [-0.1, -0.05) is 9.64 Å². The molecule has 3 heterocycles. The van der Waals surface area contributed by atoms with Crippen molar-refractivity contribution < 1.29 is 13.7 Å². The summed E-state index contributed by atoms with van der Waals surface area (Å²) in [4.78, 5) is 19.5. The number of piperidine rings is 1. The second-order valence-electron chi connectivity index (χ2n) is 6.24. The van der Waals surface area contributed by atoms with E-state index in [2.05, 4.69) is 19.7 Å². The van der Waals surface area contributed by atoms with Gasteiger partial charge >= 0.3 is 0 Å². The number of amides is 1. The topological polar surface area (TPSA) is 85.0 Å². The molecular weight excluding hydrogens is 357 g/mol. The molecule has 0 N–H and O–H groups in total. The fourth-order valence-corrected chi connectivity index (χ4v) is 3.68. The minimum Gasteiger partial charge on any atom is -0.339 e. The smallest absolute Gasteiger partial charge is 0.267 e. The van der Waals surface area contributed by atoms with E-state index < -0.39 is 0 Å². The molecule has 134 valence electrons. The third-order valence-corrected chi connectivity index (χ3v) is 5.26. The zero-order valence-corrected chi connectivity index (χ0v) is 14.9. The lowest BCUT2D eigenvalue weighted by atomic mass is 9.97. The fourth-order valence-electron chi connectivity index (χ4n) is 3.05. The minimum absolute atomic E-state index is 0.0180. The van der Waals surface area contributed by atoms with Gasteiger partial charge in [0.25, 0.3) is 5.91 Å². The highest BCUT2D eigenvalue weighted by molar-refractivity contribution is 7.07. The summed E-state index contributed by atoms with van der Waals surface area (Å²) < 4.78 is 22.3. The molecule has 1 amide bonds. The molecule has 0 radical (unpaired) electrons. The van der Waals surface area contributed by atoms with Gasteiger partial charge in [-0.15, -0.1) is 5.10 Å². The Morgan fingerprint density at radius 3 is 2.88 bits per heavy atom. The number of hydrogen-bond donors (Lipinski definition) is 0.